The fraction of sp³-hybridized carbons (Fsp3) is 0.176. The minimum absolute atomic E-state index is 0.219. The zero-order chi connectivity index (χ0) is 15.9. The molecule has 0 unspecified atom stereocenters. The van der Waals surface area contributed by atoms with Crippen molar-refractivity contribution in [2.45, 2.75) is 13.8 Å². The van der Waals surface area contributed by atoms with Gasteiger partial charge >= 0.3 is 0 Å². The van der Waals surface area contributed by atoms with Gasteiger partial charge in [0.05, 0.1) is 10.2 Å². The van der Waals surface area contributed by atoms with E-state index in [1.165, 1.54) is 22.5 Å². The summed E-state index contributed by atoms with van der Waals surface area (Å²) >= 11 is 4.90. The molecule has 0 N–H and O–H groups in total. The Bertz CT molecular complexity index is 936. The normalized spacial score (nSPS) is 12.1. The second-order valence-corrected chi connectivity index (χ2v) is 7.20. The zero-order valence-electron chi connectivity index (χ0n) is 12.6. The summed E-state index contributed by atoms with van der Waals surface area (Å²) < 4.78 is 4.07. The highest BCUT2D eigenvalue weighted by atomic mass is 79.9. The van der Waals surface area contributed by atoms with E-state index in [0.717, 1.165) is 14.7 Å². The standard InChI is InChI=1S/C17H15BrN2OS/c1-10-8-14-15(9-11(10)2)22-17(20(14)3)19-16(21)12-4-6-13(18)7-5-12/h4-9H,1-3H3. The molecule has 0 spiro atoms. The minimum atomic E-state index is -0.219. The fourth-order valence-corrected chi connectivity index (χ4v) is 3.59. The lowest BCUT2D eigenvalue weighted by Gasteiger charge is -2.01. The van der Waals surface area contributed by atoms with Crippen molar-refractivity contribution >= 4 is 43.4 Å². The molecule has 5 heteroatoms. The van der Waals surface area contributed by atoms with Crippen LogP contribution >= 0.6 is 27.3 Å². The molecular weight excluding hydrogens is 360 g/mol. The first-order valence-electron chi connectivity index (χ1n) is 6.87. The van der Waals surface area contributed by atoms with Gasteiger partial charge in [-0.2, -0.15) is 4.99 Å². The molecule has 0 aliphatic heterocycles. The third-order valence-electron chi connectivity index (χ3n) is 3.71. The van der Waals surface area contributed by atoms with Crippen molar-refractivity contribution in [2.24, 2.45) is 12.0 Å². The van der Waals surface area contributed by atoms with Crippen LogP contribution in [0.25, 0.3) is 10.2 Å². The Morgan fingerprint density at radius 1 is 1.14 bits per heavy atom. The molecule has 1 amide bonds. The van der Waals surface area contributed by atoms with E-state index >= 15 is 0 Å². The number of hydrogen-bond donors (Lipinski definition) is 0. The number of nitrogens with zero attached hydrogens (tertiary/aromatic N) is 2. The molecule has 0 bridgehead atoms. The number of aryl methyl sites for hydroxylation is 3. The summed E-state index contributed by atoms with van der Waals surface area (Å²) in [4.78, 5) is 17.3. The minimum Gasteiger partial charge on any atom is -0.319 e. The molecule has 2 aromatic carbocycles. The number of amides is 1. The number of hydrogen-bond acceptors (Lipinski definition) is 2. The largest absolute Gasteiger partial charge is 0.319 e. The summed E-state index contributed by atoms with van der Waals surface area (Å²) in [5, 5.41) is 0. The van der Waals surface area contributed by atoms with Gasteiger partial charge in [-0.3, -0.25) is 4.79 Å². The molecular formula is C17H15BrN2OS. The average Bonchev–Trinajstić information content (AvgIpc) is 2.77. The molecule has 3 nitrogen and oxygen atoms in total. The summed E-state index contributed by atoms with van der Waals surface area (Å²) in [7, 11) is 1.95. The van der Waals surface area contributed by atoms with E-state index in [1.807, 2.05) is 23.7 Å². The van der Waals surface area contributed by atoms with E-state index in [4.69, 9.17) is 0 Å². The maximum atomic E-state index is 12.3. The van der Waals surface area contributed by atoms with Gasteiger partial charge in [0.25, 0.3) is 5.91 Å². The van der Waals surface area contributed by atoms with Crippen LogP contribution in [0.3, 0.4) is 0 Å². The summed E-state index contributed by atoms with van der Waals surface area (Å²) in [6, 6.07) is 11.5. The Balaban J connectivity index is 2.11. The first-order chi connectivity index (χ1) is 10.5. The summed E-state index contributed by atoms with van der Waals surface area (Å²) in [5.74, 6) is -0.219. The Labute approximate surface area is 141 Å². The van der Waals surface area contributed by atoms with Crippen molar-refractivity contribution in [1.29, 1.82) is 0 Å². The van der Waals surface area contributed by atoms with Gasteiger partial charge in [-0.15, -0.1) is 0 Å². The third kappa shape index (κ3) is 2.78. The topological polar surface area (TPSA) is 34.4 Å². The van der Waals surface area contributed by atoms with Crippen molar-refractivity contribution in [3.63, 3.8) is 0 Å². The van der Waals surface area contributed by atoms with Crippen LogP contribution in [-0.4, -0.2) is 10.5 Å². The van der Waals surface area contributed by atoms with Gasteiger partial charge in [0, 0.05) is 17.1 Å². The van der Waals surface area contributed by atoms with Crippen LogP contribution in [-0.2, 0) is 7.05 Å². The summed E-state index contributed by atoms with van der Waals surface area (Å²) in [6.45, 7) is 4.19. The van der Waals surface area contributed by atoms with Crippen LogP contribution in [0.1, 0.15) is 21.5 Å². The lowest BCUT2D eigenvalue weighted by atomic mass is 10.1. The van der Waals surface area contributed by atoms with Gasteiger partial charge in [-0.25, -0.2) is 0 Å². The molecule has 3 rings (SSSR count). The Morgan fingerprint density at radius 2 is 1.77 bits per heavy atom. The van der Waals surface area contributed by atoms with Crippen molar-refractivity contribution in [3.05, 3.63) is 62.4 Å². The summed E-state index contributed by atoms with van der Waals surface area (Å²) in [5.41, 5.74) is 4.19. The van der Waals surface area contributed by atoms with Gasteiger partial charge in [0.1, 0.15) is 0 Å². The van der Waals surface area contributed by atoms with E-state index in [9.17, 15) is 4.79 Å². The van der Waals surface area contributed by atoms with Gasteiger partial charge in [0.15, 0.2) is 4.80 Å². The lowest BCUT2D eigenvalue weighted by molar-refractivity contribution is 0.0998. The number of rotatable bonds is 1. The molecule has 22 heavy (non-hydrogen) atoms. The van der Waals surface area contributed by atoms with Crippen LogP contribution in [0.15, 0.2) is 45.9 Å². The molecule has 0 fully saturated rings. The number of thiazole rings is 1. The first-order valence-corrected chi connectivity index (χ1v) is 8.48. The quantitative estimate of drug-likeness (QED) is 0.622. The van der Waals surface area contributed by atoms with Crippen LogP contribution in [0.4, 0.5) is 0 Å². The van der Waals surface area contributed by atoms with E-state index in [0.29, 0.717) is 10.4 Å². The van der Waals surface area contributed by atoms with Crippen LogP contribution in [0.2, 0.25) is 0 Å². The summed E-state index contributed by atoms with van der Waals surface area (Å²) in [6.07, 6.45) is 0. The SMILES string of the molecule is Cc1cc2sc(=NC(=O)c3ccc(Br)cc3)n(C)c2cc1C. The highest BCUT2D eigenvalue weighted by Crippen LogP contribution is 2.21. The van der Waals surface area contributed by atoms with E-state index in [-0.39, 0.29) is 5.91 Å². The second kappa shape index (κ2) is 5.82. The van der Waals surface area contributed by atoms with Crippen molar-refractivity contribution in [3.8, 4) is 0 Å². The predicted octanol–water partition coefficient (Wildman–Crippen LogP) is 4.36. The van der Waals surface area contributed by atoms with Crippen LogP contribution < -0.4 is 4.80 Å². The lowest BCUT2D eigenvalue weighted by Crippen LogP contribution is -2.13. The average molecular weight is 375 g/mol. The van der Waals surface area contributed by atoms with Gasteiger partial charge < -0.3 is 4.57 Å². The maximum Gasteiger partial charge on any atom is 0.279 e. The smallest absolute Gasteiger partial charge is 0.279 e. The van der Waals surface area contributed by atoms with Crippen LogP contribution in [0.5, 0.6) is 0 Å². The second-order valence-electron chi connectivity index (χ2n) is 5.27. The number of halogens is 1. The number of fused-ring (bicyclic) bond motifs is 1. The van der Waals surface area contributed by atoms with Crippen LogP contribution in [0, 0.1) is 13.8 Å². The molecule has 1 aromatic heterocycles. The third-order valence-corrected chi connectivity index (χ3v) is 5.34. The molecule has 0 atom stereocenters. The number of carbonyl (C=O) groups excluding carboxylic acids is 1. The zero-order valence-corrected chi connectivity index (χ0v) is 15.0. The monoisotopic (exact) mass is 374 g/mol. The highest BCUT2D eigenvalue weighted by Gasteiger charge is 2.08. The number of carbonyl (C=O) groups is 1. The molecule has 0 saturated heterocycles. The molecule has 3 aromatic rings. The van der Waals surface area contributed by atoms with Crippen molar-refractivity contribution < 1.29 is 4.79 Å². The predicted molar refractivity (Wildman–Crippen MR) is 94.3 cm³/mol. The molecule has 112 valence electrons. The molecule has 0 radical (unpaired) electrons. The van der Waals surface area contributed by atoms with E-state index < -0.39 is 0 Å². The maximum absolute atomic E-state index is 12.3. The molecule has 0 saturated carbocycles. The van der Waals surface area contributed by atoms with E-state index in [2.05, 4.69) is 46.9 Å². The van der Waals surface area contributed by atoms with Gasteiger partial charge in [0.2, 0.25) is 0 Å². The number of benzene rings is 2. The molecule has 0 aliphatic carbocycles. The molecule has 1 heterocycles. The highest BCUT2D eigenvalue weighted by molar-refractivity contribution is 9.10. The van der Waals surface area contributed by atoms with Gasteiger partial charge in [-0.05, 0) is 61.4 Å². The fourth-order valence-electron chi connectivity index (χ4n) is 2.23. The Morgan fingerprint density at radius 3 is 2.45 bits per heavy atom. The van der Waals surface area contributed by atoms with Gasteiger partial charge in [-0.1, -0.05) is 27.3 Å². The van der Waals surface area contributed by atoms with E-state index in [1.54, 1.807) is 12.1 Å². The first kappa shape index (κ1) is 15.2. The Hall–Kier alpha value is -1.72. The van der Waals surface area contributed by atoms with Crippen molar-refractivity contribution in [1.82, 2.24) is 4.57 Å². The number of aromatic nitrogens is 1. The molecule has 0 aliphatic rings. The Kier molecular flexibility index (Phi) is 4.02. The van der Waals surface area contributed by atoms with Crippen molar-refractivity contribution in [2.75, 3.05) is 0 Å².